The zero-order valence-electron chi connectivity index (χ0n) is 17.0. The number of Topliss-reactive ketones (excluding diaryl/α,β-unsaturated/α-hetero) is 1. The zero-order chi connectivity index (χ0) is 20.7. The van der Waals surface area contributed by atoms with E-state index < -0.39 is 0 Å². The molecule has 0 saturated carbocycles. The lowest BCUT2D eigenvalue weighted by Gasteiger charge is -2.22. The molecule has 9 heteroatoms. The van der Waals surface area contributed by atoms with Crippen LogP contribution < -0.4 is 5.56 Å². The summed E-state index contributed by atoms with van der Waals surface area (Å²) in [7, 11) is 0. The third-order valence-electron chi connectivity index (χ3n) is 4.28. The predicted octanol–water partition coefficient (Wildman–Crippen LogP) is 2.80. The minimum atomic E-state index is -0.196. The smallest absolute Gasteiger partial charge is 0.278 e. The standard InChI is InChI=1S/C10H13N3O.C9H12N4O/c1-10(2,3)13-6-12-8-7(14)4-5-11-9(8)13;1-9(2,3)13-5-12-6-7(13)10-4-11-8(6)14/h5-6H,4H2,1-3H3;4-5H,1-3H3,(H,10,11,14). The molecule has 0 spiro atoms. The van der Waals surface area contributed by atoms with Crippen LogP contribution >= 0.6 is 0 Å². The molecule has 0 aromatic carbocycles. The van der Waals surface area contributed by atoms with Gasteiger partial charge in [0.1, 0.15) is 0 Å². The number of ketones is 1. The van der Waals surface area contributed by atoms with Crippen molar-refractivity contribution < 1.29 is 4.79 Å². The second-order valence-electron chi connectivity index (χ2n) is 8.59. The van der Waals surface area contributed by atoms with E-state index in [-0.39, 0.29) is 22.4 Å². The van der Waals surface area contributed by atoms with Crippen LogP contribution in [0.1, 0.15) is 58.5 Å². The first-order valence-electron chi connectivity index (χ1n) is 9.05. The van der Waals surface area contributed by atoms with E-state index in [1.54, 1.807) is 18.9 Å². The van der Waals surface area contributed by atoms with Crippen LogP contribution in [0.2, 0.25) is 0 Å². The number of aliphatic imine (C=N–C) groups is 1. The maximum absolute atomic E-state index is 11.5. The maximum atomic E-state index is 11.5. The number of hydrogen-bond acceptors (Lipinski definition) is 6. The van der Waals surface area contributed by atoms with Crippen LogP contribution in [0.15, 0.2) is 28.8 Å². The molecular formula is C19H25N7O2. The van der Waals surface area contributed by atoms with E-state index >= 15 is 0 Å². The van der Waals surface area contributed by atoms with Crippen molar-refractivity contribution in [2.24, 2.45) is 4.99 Å². The fraction of sp³-hybridized carbons (Fsp3) is 0.474. The summed E-state index contributed by atoms with van der Waals surface area (Å²) < 4.78 is 3.81. The number of aromatic amines is 1. The molecule has 0 aliphatic carbocycles. The number of rotatable bonds is 0. The average molecular weight is 383 g/mol. The highest BCUT2D eigenvalue weighted by Gasteiger charge is 2.25. The minimum Gasteiger partial charge on any atom is -0.311 e. The van der Waals surface area contributed by atoms with Crippen LogP contribution in [-0.4, -0.2) is 41.1 Å². The van der Waals surface area contributed by atoms with Crippen LogP contribution in [0.5, 0.6) is 0 Å². The SMILES string of the molecule is CC(C)(C)n1cnc2c(=O)[nH]cnc21.CC(C)(C)n1cnc2c1N=CCC2=O. The number of carbonyl (C=O) groups is 1. The van der Waals surface area contributed by atoms with E-state index in [4.69, 9.17) is 0 Å². The van der Waals surface area contributed by atoms with Gasteiger partial charge in [-0.05, 0) is 41.5 Å². The topological polar surface area (TPSA) is 111 Å². The van der Waals surface area contributed by atoms with Gasteiger partial charge in [0.2, 0.25) is 0 Å². The molecule has 3 aromatic heterocycles. The maximum Gasteiger partial charge on any atom is 0.278 e. The second kappa shape index (κ2) is 6.81. The number of nitrogens with zero attached hydrogens (tertiary/aromatic N) is 6. The Labute approximate surface area is 162 Å². The summed E-state index contributed by atoms with van der Waals surface area (Å²) in [6.45, 7) is 12.3. The fourth-order valence-corrected chi connectivity index (χ4v) is 2.80. The van der Waals surface area contributed by atoms with Gasteiger partial charge in [0.05, 0.1) is 19.0 Å². The average Bonchev–Trinajstić information content (AvgIpc) is 3.19. The molecule has 0 fully saturated rings. The number of fused-ring (bicyclic) bond motifs is 2. The van der Waals surface area contributed by atoms with Crippen molar-refractivity contribution in [2.45, 2.75) is 59.0 Å². The first-order chi connectivity index (χ1) is 13.0. The van der Waals surface area contributed by atoms with Crippen molar-refractivity contribution in [1.29, 1.82) is 0 Å². The second-order valence-corrected chi connectivity index (χ2v) is 8.59. The van der Waals surface area contributed by atoms with Crippen molar-refractivity contribution in [3.05, 3.63) is 35.0 Å². The van der Waals surface area contributed by atoms with Crippen LogP contribution in [0.3, 0.4) is 0 Å². The Balaban J connectivity index is 0.000000161. The van der Waals surface area contributed by atoms with Gasteiger partial charge in [0.25, 0.3) is 5.56 Å². The van der Waals surface area contributed by atoms with Gasteiger partial charge in [-0.15, -0.1) is 0 Å². The van der Waals surface area contributed by atoms with E-state index in [1.807, 2.05) is 29.9 Å². The molecule has 9 nitrogen and oxygen atoms in total. The lowest BCUT2D eigenvalue weighted by molar-refractivity contribution is 0.0996. The molecule has 0 unspecified atom stereocenters. The minimum absolute atomic E-state index is 0.0537. The van der Waals surface area contributed by atoms with Gasteiger partial charge >= 0.3 is 0 Å². The molecule has 4 heterocycles. The molecule has 0 radical (unpaired) electrons. The number of nitrogens with one attached hydrogen (secondary N) is 1. The highest BCUT2D eigenvalue weighted by atomic mass is 16.1. The first kappa shape index (κ1) is 19.7. The highest BCUT2D eigenvalue weighted by molar-refractivity contribution is 6.08. The summed E-state index contributed by atoms with van der Waals surface area (Å²) in [6, 6.07) is 0. The van der Waals surface area contributed by atoms with Gasteiger partial charge in [-0.25, -0.2) is 19.9 Å². The summed E-state index contributed by atoms with van der Waals surface area (Å²) >= 11 is 0. The molecule has 1 aliphatic rings. The predicted molar refractivity (Wildman–Crippen MR) is 107 cm³/mol. The molecule has 0 bridgehead atoms. The number of aromatic nitrogens is 6. The van der Waals surface area contributed by atoms with E-state index in [0.717, 1.165) is 0 Å². The molecule has 0 atom stereocenters. The van der Waals surface area contributed by atoms with E-state index in [2.05, 4.69) is 45.7 Å². The van der Waals surface area contributed by atoms with Gasteiger partial charge in [0, 0.05) is 23.7 Å². The quantitative estimate of drug-likeness (QED) is 0.642. The van der Waals surface area contributed by atoms with Crippen LogP contribution in [0, 0.1) is 0 Å². The molecule has 28 heavy (non-hydrogen) atoms. The molecule has 148 valence electrons. The van der Waals surface area contributed by atoms with Crippen molar-refractivity contribution in [1.82, 2.24) is 29.1 Å². The monoisotopic (exact) mass is 383 g/mol. The zero-order valence-corrected chi connectivity index (χ0v) is 17.0. The van der Waals surface area contributed by atoms with Crippen molar-refractivity contribution >= 4 is 29.0 Å². The number of imidazole rings is 2. The number of hydrogen-bond donors (Lipinski definition) is 1. The normalized spacial score (nSPS) is 14.0. The summed E-state index contributed by atoms with van der Waals surface area (Å²) in [6.07, 6.45) is 6.75. The van der Waals surface area contributed by atoms with Gasteiger partial charge < -0.3 is 14.1 Å². The number of H-pyrrole nitrogens is 1. The van der Waals surface area contributed by atoms with Crippen molar-refractivity contribution in [2.75, 3.05) is 0 Å². The Bertz CT molecular complexity index is 1100. The third kappa shape index (κ3) is 3.64. The summed E-state index contributed by atoms with van der Waals surface area (Å²) in [5.74, 6) is 0.742. The lowest BCUT2D eigenvalue weighted by Crippen LogP contribution is -2.21. The van der Waals surface area contributed by atoms with Gasteiger partial charge in [0.15, 0.2) is 28.5 Å². The fourth-order valence-electron chi connectivity index (χ4n) is 2.80. The third-order valence-corrected chi connectivity index (χ3v) is 4.28. The Morgan fingerprint density at radius 3 is 2.21 bits per heavy atom. The highest BCUT2D eigenvalue weighted by Crippen LogP contribution is 2.28. The largest absolute Gasteiger partial charge is 0.311 e. The van der Waals surface area contributed by atoms with Crippen LogP contribution in [0.25, 0.3) is 11.2 Å². The number of carbonyl (C=O) groups excluding carboxylic acids is 1. The molecule has 0 amide bonds. The summed E-state index contributed by atoms with van der Waals surface area (Å²) in [4.78, 5) is 41.8. The van der Waals surface area contributed by atoms with Gasteiger partial charge in [-0.1, -0.05) is 0 Å². The van der Waals surface area contributed by atoms with E-state index in [9.17, 15) is 9.59 Å². The van der Waals surface area contributed by atoms with Crippen molar-refractivity contribution in [3.63, 3.8) is 0 Å². The van der Waals surface area contributed by atoms with Crippen LogP contribution in [0.4, 0.5) is 5.82 Å². The van der Waals surface area contributed by atoms with E-state index in [0.29, 0.717) is 29.1 Å². The molecular weight excluding hydrogens is 358 g/mol. The molecule has 3 aromatic rings. The van der Waals surface area contributed by atoms with Crippen molar-refractivity contribution in [3.8, 4) is 0 Å². The summed E-state index contributed by atoms with van der Waals surface area (Å²) in [5, 5.41) is 0. The first-order valence-corrected chi connectivity index (χ1v) is 9.05. The van der Waals surface area contributed by atoms with E-state index in [1.165, 1.54) is 6.33 Å². The van der Waals surface area contributed by atoms with Gasteiger partial charge in [-0.2, -0.15) is 0 Å². The lowest BCUT2D eigenvalue weighted by atomic mass is 10.1. The summed E-state index contributed by atoms with van der Waals surface area (Å²) in [5.41, 5.74) is 1.12. The molecule has 1 N–H and O–H groups in total. The molecule has 1 aliphatic heterocycles. The van der Waals surface area contributed by atoms with Gasteiger partial charge in [-0.3, -0.25) is 9.59 Å². The molecule has 0 saturated heterocycles. The Morgan fingerprint density at radius 1 is 0.929 bits per heavy atom. The Morgan fingerprint density at radius 2 is 1.57 bits per heavy atom. The Hall–Kier alpha value is -3.10. The molecule has 4 rings (SSSR count). The van der Waals surface area contributed by atoms with Crippen LogP contribution in [-0.2, 0) is 11.1 Å². The Kier molecular flexibility index (Phi) is 4.78.